The van der Waals surface area contributed by atoms with Gasteiger partial charge < -0.3 is 15.3 Å². The number of aliphatic carboxylic acids is 1. The summed E-state index contributed by atoms with van der Waals surface area (Å²) in [6.07, 6.45) is 9.49. The summed E-state index contributed by atoms with van der Waals surface area (Å²) in [6.45, 7) is 2.03. The highest BCUT2D eigenvalue weighted by Gasteiger charge is 2.39. The van der Waals surface area contributed by atoms with Crippen molar-refractivity contribution in [3.8, 4) is 0 Å². The van der Waals surface area contributed by atoms with Gasteiger partial charge in [-0.3, -0.25) is 9.59 Å². The molecule has 4 atom stereocenters. The van der Waals surface area contributed by atoms with Crippen LogP contribution in [0.3, 0.4) is 0 Å². The van der Waals surface area contributed by atoms with Crippen molar-refractivity contribution in [2.75, 3.05) is 0 Å². The number of Topliss-reactive ketones (excluding diaryl/α,β-unsaturated/α-hetero) is 1. The monoisotopic (exact) mass is 324 g/mol. The maximum atomic E-state index is 12.0. The minimum Gasteiger partial charge on any atom is -0.481 e. The molecule has 0 bridgehead atoms. The lowest BCUT2D eigenvalue weighted by molar-refractivity contribution is -0.137. The van der Waals surface area contributed by atoms with E-state index in [1.54, 1.807) is 12.2 Å². The minimum absolute atomic E-state index is 0.0730. The van der Waals surface area contributed by atoms with E-state index in [4.69, 9.17) is 5.11 Å². The molecule has 1 fully saturated rings. The van der Waals surface area contributed by atoms with Gasteiger partial charge in [-0.1, -0.05) is 31.2 Å². The van der Waals surface area contributed by atoms with Gasteiger partial charge in [-0.15, -0.1) is 0 Å². The number of aliphatic hydroxyl groups excluding tert-OH is 2. The molecule has 3 N–H and O–H groups in total. The quantitative estimate of drug-likeness (QED) is 0.424. The topological polar surface area (TPSA) is 94.8 Å². The van der Waals surface area contributed by atoms with Crippen molar-refractivity contribution in [3.05, 3.63) is 24.3 Å². The van der Waals surface area contributed by atoms with Crippen LogP contribution < -0.4 is 0 Å². The molecule has 1 rings (SSSR count). The number of carbonyl (C=O) groups excluding carboxylic acids is 1. The van der Waals surface area contributed by atoms with Crippen molar-refractivity contribution in [2.45, 2.75) is 64.1 Å². The summed E-state index contributed by atoms with van der Waals surface area (Å²) in [7, 11) is 0. The standard InChI is InChI=1S/C18H28O5/c1-2-3-4-8-14-15(17(21)12-16(14)20)11-10-13(19)7-5-6-9-18(22)23/h3-4,10-11,13-15,17,19,21H,2,5-9,12H2,1H3,(H,22,23)/b4-3-,11-10+/t13-,14+,15-,17+/m1/s1. The van der Waals surface area contributed by atoms with E-state index in [-0.39, 0.29) is 30.5 Å². The normalized spacial score (nSPS) is 26.4. The van der Waals surface area contributed by atoms with Crippen LogP contribution in [-0.2, 0) is 9.59 Å². The van der Waals surface area contributed by atoms with E-state index in [0.717, 1.165) is 6.42 Å². The van der Waals surface area contributed by atoms with Crippen LogP contribution in [0, 0.1) is 11.8 Å². The third kappa shape index (κ3) is 7.10. The third-order valence-corrected chi connectivity index (χ3v) is 4.22. The zero-order valence-electron chi connectivity index (χ0n) is 13.7. The van der Waals surface area contributed by atoms with Crippen LogP contribution in [0.15, 0.2) is 24.3 Å². The van der Waals surface area contributed by atoms with E-state index in [0.29, 0.717) is 25.7 Å². The van der Waals surface area contributed by atoms with Crippen molar-refractivity contribution in [1.82, 2.24) is 0 Å². The SMILES string of the molecule is CC/C=C\C[C@@H]1C(=O)C[C@H](O)[C@@H]1/C=C/[C@H](O)CCCCC(=O)O. The first-order valence-corrected chi connectivity index (χ1v) is 8.39. The molecule has 0 radical (unpaired) electrons. The minimum atomic E-state index is -0.828. The summed E-state index contributed by atoms with van der Waals surface area (Å²) >= 11 is 0. The average Bonchev–Trinajstić information content (AvgIpc) is 2.75. The number of rotatable bonds is 10. The van der Waals surface area contributed by atoms with Gasteiger partial charge in [0.1, 0.15) is 5.78 Å². The average molecular weight is 324 g/mol. The predicted molar refractivity (Wildman–Crippen MR) is 87.9 cm³/mol. The molecule has 1 saturated carbocycles. The third-order valence-electron chi connectivity index (χ3n) is 4.22. The van der Waals surface area contributed by atoms with Gasteiger partial charge in [0.25, 0.3) is 0 Å². The summed E-state index contributed by atoms with van der Waals surface area (Å²) in [5.41, 5.74) is 0. The van der Waals surface area contributed by atoms with E-state index in [1.807, 2.05) is 19.1 Å². The van der Waals surface area contributed by atoms with Gasteiger partial charge in [-0.25, -0.2) is 0 Å². The van der Waals surface area contributed by atoms with Gasteiger partial charge in [-0.2, -0.15) is 0 Å². The van der Waals surface area contributed by atoms with Crippen molar-refractivity contribution >= 4 is 11.8 Å². The Balaban J connectivity index is 2.48. The van der Waals surface area contributed by atoms with Gasteiger partial charge in [-0.05, 0) is 32.1 Å². The molecule has 0 heterocycles. The molecule has 1 aliphatic rings. The summed E-state index contributed by atoms with van der Waals surface area (Å²) in [5, 5.41) is 28.5. The van der Waals surface area contributed by atoms with Crippen LogP contribution in [-0.4, -0.2) is 39.3 Å². The molecule has 0 aromatic heterocycles. The van der Waals surface area contributed by atoms with Crippen molar-refractivity contribution in [1.29, 1.82) is 0 Å². The highest BCUT2D eigenvalue weighted by atomic mass is 16.4. The van der Waals surface area contributed by atoms with Gasteiger partial charge in [0.15, 0.2) is 0 Å². The molecule has 0 amide bonds. The summed E-state index contributed by atoms with van der Waals surface area (Å²) in [6, 6.07) is 0. The lowest BCUT2D eigenvalue weighted by atomic mass is 9.90. The van der Waals surface area contributed by atoms with Gasteiger partial charge in [0, 0.05) is 24.7 Å². The van der Waals surface area contributed by atoms with E-state index < -0.39 is 18.2 Å². The van der Waals surface area contributed by atoms with Crippen LogP contribution in [0.5, 0.6) is 0 Å². The van der Waals surface area contributed by atoms with Gasteiger partial charge in [0.05, 0.1) is 12.2 Å². The van der Waals surface area contributed by atoms with E-state index >= 15 is 0 Å². The number of unbranched alkanes of at least 4 members (excludes halogenated alkanes) is 1. The zero-order valence-corrected chi connectivity index (χ0v) is 13.7. The lowest BCUT2D eigenvalue weighted by Crippen LogP contribution is -2.18. The molecule has 0 aromatic carbocycles. The molecule has 0 aromatic rings. The Morgan fingerprint density at radius 2 is 2.09 bits per heavy atom. The van der Waals surface area contributed by atoms with Crippen LogP contribution in [0.4, 0.5) is 0 Å². The van der Waals surface area contributed by atoms with Crippen LogP contribution in [0.2, 0.25) is 0 Å². The molecule has 0 aliphatic heterocycles. The number of carboxylic acids is 1. The molecule has 0 spiro atoms. The number of hydrogen-bond acceptors (Lipinski definition) is 4. The Kier molecular flexibility index (Phi) is 8.81. The number of ketones is 1. The first kappa shape index (κ1) is 19.6. The molecular formula is C18H28O5. The van der Waals surface area contributed by atoms with Gasteiger partial charge in [0.2, 0.25) is 0 Å². The summed E-state index contributed by atoms with van der Waals surface area (Å²) < 4.78 is 0. The smallest absolute Gasteiger partial charge is 0.303 e. The molecule has 23 heavy (non-hydrogen) atoms. The highest BCUT2D eigenvalue weighted by Crippen LogP contribution is 2.33. The molecule has 5 nitrogen and oxygen atoms in total. The molecule has 0 saturated heterocycles. The number of aliphatic hydroxyl groups is 2. The Morgan fingerprint density at radius 3 is 2.74 bits per heavy atom. The Hall–Kier alpha value is -1.46. The van der Waals surface area contributed by atoms with Crippen LogP contribution in [0.25, 0.3) is 0 Å². The molecule has 5 heteroatoms. The number of allylic oxidation sites excluding steroid dienone is 2. The maximum Gasteiger partial charge on any atom is 0.303 e. The van der Waals surface area contributed by atoms with Gasteiger partial charge >= 0.3 is 5.97 Å². The molecule has 1 aliphatic carbocycles. The predicted octanol–water partition coefficient (Wildman–Crippen LogP) is 2.47. The zero-order chi connectivity index (χ0) is 17.2. The second-order valence-corrected chi connectivity index (χ2v) is 6.13. The van der Waals surface area contributed by atoms with Crippen LogP contribution >= 0.6 is 0 Å². The fourth-order valence-electron chi connectivity index (χ4n) is 2.92. The largest absolute Gasteiger partial charge is 0.481 e. The number of carbonyl (C=O) groups is 2. The Bertz CT molecular complexity index is 441. The fraction of sp³-hybridized carbons (Fsp3) is 0.667. The van der Waals surface area contributed by atoms with E-state index in [1.165, 1.54) is 0 Å². The van der Waals surface area contributed by atoms with E-state index in [9.17, 15) is 19.8 Å². The Labute approximate surface area is 137 Å². The van der Waals surface area contributed by atoms with E-state index in [2.05, 4.69) is 0 Å². The first-order valence-electron chi connectivity index (χ1n) is 8.39. The van der Waals surface area contributed by atoms with Crippen molar-refractivity contribution in [2.24, 2.45) is 11.8 Å². The second-order valence-electron chi connectivity index (χ2n) is 6.13. The fourth-order valence-corrected chi connectivity index (χ4v) is 2.92. The highest BCUT2D eigenvalue weighted by molar-refractivity contribution is 5.84. The molecule has 0 unspecified atom stereocenters. The molecular weight excluding hydrogens is 296 g/mol. The Morgan fingerprint density at radius 1 is 1.35 bits per heavy atom. The van der Waals surface area contributed by atoms with Crippen LogP contribution in [0.1, 0.15) is 51.9 Å². The summed E-state index contributed by atoms with van der Waals surface area (Å²) in [4.78, 5) is 22.4. The van der Waals surface area contributed by atoms with Crippen molar-refractivity contribution < 1.29 is 24.9 Å². The maximum absolute atomic E-state index is 12.0. The summed E-state index contributed by atoms with van der Waals surface area (Å²) in [5.74, 6) is -1.23. The second kappa shape index (κ2) is 10.3. The number of carboxylic acid groups (broad SMARTS) is 1. The first-order chi connectivity index (χ1) is 11.0. The lowest BCUT2D eigenvalue weighted by Gasteiger charge is -2.16. The number of hydrogen-bond donors (Lipinski definition) is 3. The molecule has 130 valence electrons. The van der Waals surface area contributed by atoms with Crippen molar-refractivity contribution in [3.63, 3.8) is 0 Å².